The second-order valence-corrected chi connectivity index (χ2v) is 10.2. The van der Waals surface area contributed by atoms with Gasteiger partial charge in [-0.2, -0.15) is 0 Å². The Bertz CT molecular complexity index is 1190. The van der Waals surface area contributed by atoms with Crippen molar-refractivity contribution in [1.29, 1.82) is 0 Å². The van der Waals surface area contributed by atoms with Crippen molar-refractivity contribution >= 4 is 15.9 Å². The highest BCUT2D eigenvalue weighted by molar-refractivity contribution is 7.89. The SMILES string of the molecule is CC(Cc1cnc(-c2ccccc2)c(-c2ccccc2)n1)NCCCCOCC(=O)NS(C)(=O)=O. The van der Waals surface area contributed by atoms with Crippen LogP contribution in [-0.2, 0) is 26.0 Å². The zero-order valence-electron chi connectivity index (χ0n) is 20.1. The molecule has 35 heavy (non-hydrogen) atoms. The fraction of sp³-hybridized carbons (Fsp3) is 0.346. The molecule has 0 saturated carbocycles. The van der Waals surface area contributed by atoms with E-state index in [1.54, 1.807) is 0 Å². The van der Waals surface area contributed by atoms with Crippen LogP contribution in [0, 0.1) is 0 Å². The van der Waals surface area contributed by atoms with Crippen molar-refractivity contribution in [3.63, 3.8) is 0 Å². The number of amides is 1. The molecule has 0 aliphatic heterocycles. The van der Waals surface area contributed by atoms with Crippen molar-refractivity contribution in [2.24, 2.45) is 0 Å². The molecular formula is C26H32N4O4S. The molecule has 0 saturated heterocycles. The maximum absolute atomic E-state index is 11.4. The third-order valence-corrected chi connectivity index (χ3v) is 5.77. The summed E-state index contributed by atoms with van der Waals surface area (Å²) in [7, 11) is -3.54. The van der Waals surface area contributed by atoms with Crippen LogP contribution in [0.2, 0.25) is 0 Å². The van der Waals surface area contributed by atoms with E-state index < -0.39 is 15.9 Å². The Morgan fingerprint density at radius 2 is 1.60 bits per heavy atom. The highest BCUT2D eigenvalue weighted by Gasteiger charge is 2.13. The first-order valence-corrected chi connectivity index (χ1v) is 13.5. The molecule has 3 rings (SSSR count). The minimum Gasteiger partial charge on any atom is -0.372 e. The van der Waals surface area contributed by atoms with Gasteiger partial charge in [-0.1, -0.05) is 60.7 Å². The maximum atomic E-state index is 11.4. The fourth-order valence-corrected chi connectivity index (χ4v) is 4.07. The van der Waals surface area contributed by atoms with Gasteiger partial charge < -0.3 is 10.1 Å². The Labute approximate surface area is 207 Å². The number of rotatable bonds is 13. The zero-order valence-corrected chi connectivity index (χ0v) is 20.9. The Hall–Kier alpha value is -3.14. The summed E-state index contributed by atoms with van der Waals surface area (Å²) in [6, 6.07) is 20.4. The normalized spacial score (nSPS) is 12.3. The Balaban J connectivity index is 1.49. The van der Waals surface area contributed by atoms with Crippen molar-refractivity contribution < 1.29 is 17.9 Å². The van der Waals surface area contributed by atoms with Crippen LogP contribution in [0.3, 0.4) is 0 Å². The average molecular weight is 497 g/mol. The summed E-state index contributed by atoms with van der Waals surface area (Å²) >= 11 is 0. The summed E-state index contributed by atoms with van der Waals surface area (Å²) in [5.41, 5.74) is 4.73. The fourth-order valence-electron chi connectivity index (χ4n) is 3.59. The lowest BCUT2D eigenvalue weighted by Crippen LogP contribution is -2.32. The van der Waals surface area contributed by atoms with E-state index in [1.165, 1.54) is 0 Å². The van der Waals surface area contributed by atoms with Crippen molar-refractivity contribution in [1.82, 2.24) is 20.0 Å². The first kappa shape index (κ1) is 26.5. The van der Waals surface area contributed by atoms with E-state index in [2.05, 4.69) is 24.4 Å². The number of carbonyl (C=O) groups excluding carboxylic acids is 1. The van der Waals surface area contributed by atoms with Gasteiger partial charge in [0.15, 0.2) is 0 Å². The van der Waals surface area contributed by atoms with Gasteiger partial charge in [0.2, 0.25) is 10.0 Å². The van der Waals surface area contributed by atoms with Crippen LogP contribution in [0.1, 0.15) is 25.5 Å². The molecule has 0 aliphatic rings. The third kappa shape index (κ3) is 9.20. The molecule has 0 bridgehead atoms. The summed E-state index contributed by atoms with van der Waals surface area (Å²) in [6.07, 6.45) is 5.15. The highest BCUT2D eigenvalue weighted by atomic mass is 32.2. The summed E-state index contributed by atoms with van der Waals surface area (Å²) < 4.78 is 29.1. The summed E-state index contributed by atoms with van der Waals surface area (Å²) in [4.78, 5) is 21.1. The Morgan fingerprint density at radius 3 is 2.23 bits per heavy atom. The molecule has 1 amide bonds. The van der Waals surface area contributed by atoms with Gasteiger partial charge in [-0.3, -0.25) is 14.5 Å². The largest absolute Gasteiger partial charge is 0.372 e. The number of nitrogens with zero attached hydrogens (tertiary/aromatic N) is 2. The first-order valence-electron chi connectivity index (χ1n) is 11.6. The lowest BCUT2D eigenvalue weighted by molar-refractivity contribution is -0.123. The van der Waals surface area contributed by atoms with E-state index in [9.17, 15) is 13.2 Å². The van der Waals surface area contributed by atoms with Gasteiger partial charge in [-0.15, -0.1) is 0 Å². The van der Waals surface area contributed by atoms with Crippen LogP contribution in [0.15, 0.2) is 66.9 Å². The molecule has 3 aromatic rings. The van der Waals surface area contributed by atoms with Crippen LogP contribution >= 0.6 is 0 Å². The second-order valence-electron chi connectivity index (χ2n) is 8.41. The quantitative estimate of drug-likeness (QED) is 0.350. The number of aromatic nitrogens is 2. The Morgan fingerprint density at radius 1 is 0.971 bits per heavy atom. The molecule has 2 N–H and O–H groups in total. The third-order valence-electron chi connectivity index (χ3n) is 5.17. The molecule has 1 unspecified atom stereocenters. The van der Waals surface area contributed by atoms with E-state index in [-0.39, 0.29) is 12.6 Å². The number of unbranched alkanes of at least 4 members (excludes halogenated alkanes) is 1. The predicted octanol–water partition coefficient (Wildman–Crippen LogP) is 3.20. The number of ether oxygens (including phenoxy) is 1. The summed E-state index contributed by atoms with van der Waals surface area (Å²) in [5, 5.41) is 3.49. The number of nitrogens with one attached hydrogen (secondary N) is 2. The van der Waals surface area contributed by atoms with Crippen molar-refractivity contribution in [3.05, 3.63) is 72.6 Å². The van der Waals surface area contributed by atoms with E-state index in [4.69, 9.17) is 14.7 Å². The molecule has 0 spiro atoms. The van der Waals surface area contributed by atoms with E-state index in [0.29, 0.717) is 6.61 Å². The monoisotopic (exact) mass is 496 g/mol. The minimum absolute atomic E-state index is 0.206. The molecule has 9 heteroatoms. The highest BCUT2D eigenvalue weighted by Crippen LogP contribution is 2.28. The maximum Gasteiger partial charge on any atom is 0.259 e. The van der Waals surface area contributed by atoms with Gasteiger partial charge in [-0.05, 0) is 26.3 Å². The number of hydrogen-bond donors (Lipinski definition) is 2. The van der Waals surface area contributed by atoms with Crippen LogP contribution in [0.25, 0.3) is 22.5 Å². The number of benzene rings is 2. The molecule has 0 fully saturated rings. The van der Waals surface area contributed by atoms with E-state index in [0.717, 1.165) is 60.3 Å². The van der Waals surface area contributed by atoms with Crippen LogP contribution in [-0.4, -0.2) is 56.3 Å². The lowest BCUT2D eigenvalue weighted by Gasteiger charge is -2.15. The molecule has 2 aromatic carbocycles. The van der Waals surface area contributed by atoms with Gasteiger partial charge in [0.05, 0.1) is 23.3 Å². The van der Waals surface area contributed by atoms with E-state index in [1.807, 2.05) is 59.4 Å². The molecule has 0 aliphatic carbocycles. The van der Waals surface area contributed by atoms with Crippen molar-refractivity contribution in [2.45, 2.75) is 32.2 Å². The minimum atomic E-state index is -3.54. The van der Waals surface area contributed by atoms with Gasteiger partial charge in [-0.25, -0.2) is 13.4 Å². The van der Waals surface area contributed by atoms with Crippen LogP contribution in [0.4, 0.5) is 0 Å². The topological polar surface area (TPSA) is 110 Å². The Kier molecular flexibility index (Phi) is 9.89. The standard InChI is InChI=1S/C26H32N4O4S/c1-20(27-15-9-10-16-34-19-24(31)30-35(2,32)33)17-23-18-28-25(21-11-5-3-6-12-21)26(29-23)22-13-7-4-8-14-22/h3-8,11-14,18,20,27H,9-10,15-17,19H2,1-2H3,(H,30,31). The zero-order chi connectivity index (χ0) is 25.1. The molecule has 1 aromatic heterocycles. The van der Waals surface area contributed by atoms with Crippen LogP contribution < -0.4 is 10.0 Å². The molecule has 1 atom stereocenters. The van der Waals surface area contributed by atoms with Gasteiger partial charge in [0.1, 0.15) is 6.61 Å². The number of sulfonamides is 1. The molecule has 0 radical (unpaired) electrons. The van der Waals surface area contributed by atoms with Crippen molar-refractivity contribution in [2.75, 3.05) is 26.0 Å². The van der Waals surface area contributed by atoms with Gasteiger partial charge in [0.25, 0.3) is 5.91 Å². The number of hydrogen-bond acceptors (Lipinski definition) is 7. The first-order chi connectivity index (χ1) is 16.8. The molecule has 8 nitrogen and oxygen atoms in total. The lowest BCUT2D eigenvalue weighted by atomic mass is 10.0. The number of carbonyl (C=O) groups is 1. The van der Waals surface area contributed by atoms with Crippen molar-refractivity contribution in [3.8, 4) is 22.5 Å². The predicted molar refractivity (Wildman–Crippen MR) is 137 cm³/mol. The summed E-state index contributed by atoms with van der Waals surface area (Å²) in [5.74, 6) is -0.659. The smallest absolute Gasteiger partial charge is 0.259 e. The molecule has 1 heterocycles. The molecular weight excluding hydrogens is 464 g/mol. The second kappa shape index (κ2) is 13.1. The molecule has 186 valence electrons. The summed E-state index contributed by atoms with van der Waals surface area (Å²) in [6.45, 7) is 3.03. The van der Waals surface area contributed by atoms with Gasteiger partial charge >= 0.3 is 0 Å². The average Bonchev–Trinajstić information content (AvgIpc) is 2.83. The van der Waals surface area contributed by atoms with Gasteiger partial charge in [0, 0.05) is 36.4 Å². The van der Waals surface area contributed by atoms with E-state index >= 15 is 0 Å². The van der Waals surface area contributed by atoms with Crippen LogP contribution in [0.5, 0.6) is 0 Å².